The van der Waals surface area contributed by atoms with E-state index in [9.17, 15) is 14.9 Å². The molecular weight excluding hydrogens is 290 g/mol. The van der Waals surface area contributed by atoms with Gasteiger partial charge in [-0.25, -0.2) is 4.98 Å². The second-order valence-corrected chi connectivity index (χ2v) is 4.96. The summed E-state index contributed by atoms with van der Waals surface area (Å²) in [4.78, 5) is 27.6. The maximum Gasteiger partial charge on any atom is 0.433 e. The van der Waals surface area contributed by atoms with Crippen LogP contribution in [-0.4, -0.2) is 39.9 Å². The van der Waals surface area contributed by atoms with Crippen LogP contribution in [0.5, 0.6) is 5.88 Å². The SMILES string of the molecule is Cc1cccc(OC2CN(C(=O)c3ccc([N+](=O)[O-])o3)C2)n1. The molecule has 2 aromatic rings. The van der Waals surface area contributed by atoms with Crippen LogP contribution < -0.4 is 4.74 Å². The fraction of sp³-hybridized carbons (Fsp3) is 0.286. The van der Waals surface area contributed by atoms with Crippen molar-refractivity contribution in [1.82, 2.24) is 9.88 Å². The minimum Gasteiger partial charge on any atom is -0.471 e. The zero-order valence-electron chi connectivity index (χ0n) is 11.8. The second kappa shape index (κ2) is 5.47. The normalized spacial score (nSPS) is 14.5. The highest BCUT2D eigenvalue weighted by molar-refractivity contribution is 5.92. The highest BCUT2D eigenvalue weighted by atomic mass is 16.6. The Morgan fingerprint density at radius 3 is 2.82 bits per heavy atom. The summed E-state index contributed by atoms with van der Waals surface area (Å²) in [6.07, 6.45) is -0.136. The summed E-state index contributed by atoms with van der Waals surface area (Å²) in [7, 11) is 0. The van der Waals surface area contributed by atoms with E-state index >= 15 is 0 Å². The van der Waals surface area contributed by atoms with E-state index in [-0.39, 0.29) is 17.8 Å². The molecule has 22 heavy (non-hydrogen) atoms. The number of pyridine rings is 1. The Kier molecular flexibility index (Phi) is 3.50. The van der Waals surface area contributed by atoms with Crippen LogP contribution in [0.15, 0.2) is 34.7 Å². The van der Waals surface area contributed by atoms with E-state index < -0.39 is 10.8 Å². The summed E-state index contributed by atoms with van der Waals surface area (Å²) in [5.74, 6) is -0.352. The topological polar surface area (TPSA) is 98.7 Å². The molecule has 3 heterocycles. The number of furan rings is 1. The van der Waals surface area contributed by atoms with Gasteiger partial charge in [0, 0.05) is 11.8 Å². The largest absolute Gasteiger partial charge is 0.471 e. The first-order chi connectivity index (χ1) is 10.5. The first kappa shape index (κ1) is 14.1. The van der Waals surface area contributed by atoms with Gasteiger partial charge in [-0.2, -0.15) is 0 Å². The van der Waals surface area contributed by atoms with Gasteiger partial charge >= 0.3 is 5.88 Å². The third-order valence-electron chi connectivity index (χ3n) is 3.27. The van der Waals surface area contributed by atoms with E-state index in [0.717, 1.165) is 11.8 Å². The molecule has 0 N–H and O–H groups in total. The number of aryl methyl sites for hydroxylation is 1. The van der Waals surface area contributed by atoms with Gasteiger partial charge in [-0.1, -0.05) is 6.07 Å². The standard InChI is InChI=1S/C14H13N3O5/c1-9-3-2-4-12(15-9)21-10-7-16(8-10)14(18)11-5-6-13(22-11)17(19)20/h2-6,10H,7-8H2,1H3. The molecule has 2 aromatic heterocycles. The molecule has 0 spiro atoms. The number of hydrogen-bond acceptors (Lipinski definition) is 6. The third-order valence-corrected chi connectivity index (χ3v) is 3.27. The minimum atomic E-state index is -0.678. The van der Waals surface area contributed by atoms with E-state index in [1.807, 2.05) is 19.1 Å². The molecule has 1 amide bonds. The Hall–Kier alpha value is -2.90. The Morgan fingerprint density at radius 1 is 1.41 bits per heavy atom. The Bertz CT molecular complexity index is 721. The number of carbonyl (C=O) groups excluding carboxylic acids is 1. The average Bonchev–Trinajstić information content (AvgIpc) is 2.92. The molecule has 1 fully saturated rings. The lowest BCUT2D eigenvalue weighted by Gasteiger charge is -2.38. The number of aromatic nitrogens is 1. The molecule has 0 radical (unpaired) electrons. The number of amides is 1. The van der Waals surface area contributed by atoms with Crippen molar-refractivity contribution < 1.29 is 18.9 Å². The van der Waals surface area contributed by atoms with E-state index in [2.05, 4.69) is 4.98 Å². The molecule has 0 aliphatic carbocycles. The lowest BCUT2D eigenvalue weighted by Crippen LogP contribution is -2.56. The van der Waals surface area contributed by atoms with Gasteiger partial charge in [-0.3, -0.25) is 14.9 Å². The van der Waals surface area contributed by atoms with Gasteiger partial charge in [0.1, 0.15) is 11.0 Å². The van der Waals surface area contributed by atoms with Gasteiger partial charge in [0.2, 0.25) is 5.88 Å². The zero-order chi connectivity index (χ0) is 15.7. The number of rotatable bonds is 4. The number of hydrogen-bond donors (Lipinski definition) is 0. The Balaban J connectivity index is 1.56. The fourth-order valence-corrected chi connectivity index (χ4v) is 2.13. The van der Waals surface area contributed by atoms with Gasteiger partial charge in [0.15, 0.2) is 5.76 Å². The number of carbonyl (C=O) groups is 1. The molecule has 0 aromatic carbocycles. The maximum absolute atomic E-state index is 12.1. The van der Waals surface area contributed by atoms with Crippen LogP contribution in [0.2, 0.25) is 0 Å². The highest BCUT2D eigenvalue weighted by Gasteiger charge is 2.35. The van der Waals surface area contributed by atoms with Crippen molar-refractivity contribution in [3.8, 4) is 5.88 Å². The molecule has 0 unspecified atom stereocenters. The predicted molar refractivity (Wildman–Crippen MR) is 74.7 cm³/mol. The number of nitro groups is 1. The lowest BCUT2D eigenvalue weighted by atomic mass is 10.1. The lowest BCUT2D eigenvalue weighted by molar-refractivity contribution is -0.402. The quantitative estimate of drug-likeness (QED) is 0.630. The van der Waals surface area contributed by atoms with Gasteiger partial charge in [-0.15, -0.1) is 0 Å². The molecule has 3 rings (SSSR count). The van der Waals surface area contributed by atoms with Crippen molar-refractivity contribution in [2.24, 2.45) is 0 Å². The Labute approximate surface area is 125 Å². The predicted octanol–water partition coefficient (Wildman–Crippen LogP) is 1.79. The van der Waals surface area contributed by atoms with Crippen molar-refractivity contribution >= 4 is 11.8 Å². The average molecular weight is 303 g/mol. The summed E-state index contributed by atoms with van der Waals surface area (Å²) in [5, 5.41) is 10.5. The van der Waals surface area contributed by atoms with Gasteiger partial charge < -0.3 is 14.1 Å². The van der Waals surface area contributed by atoms with Crippen LogP contribution in [0, 0.1) is 17.0 Å². The van der Waals surface area contributed by atoms with E-state index in [1.54, 1.807) is 6.07 Å². The van der Waals surface area contributed by atoms with Crippen LogP contribution >= 0.6 is 0 Å². The van der Waals surface area contributed by atoms with Crippen molar-refractivity contribution in [3.63, 3.8) is 0 Å². The summed E-state index contributed by atoms with van der Waals surface area (Å²) >= 11 is 0. The fourth-order valence-electron chi connectivity index (χ4n) is 2.13. The minimum absolute atomic E-state index is 0.0427. The Morgan fingerprint density at radius 2 is 2.18 bits per heavy atom. The molecule has 0 atom stereocenters. The number of likely N-dealkylation sites (tertiary alicyclic amines) is 1. The monoisotopic (exact) mass is 303 g/mol. The van der Waals surface area contributed by atoms with Crippen LogP contribution in [0.3, 0.4) is 0 Å². The van der Waals surface area contributed by atoms with Crippen LogP contribution in [0.25, 0.3) is 0 Å². The van der Waals surface area contributed by atoms with Gasteiger partial charge in [0.05, 0.1) is 19.2 Å². The molecule has 0 saturated carbocycles. The highest BCUT2D eigenvalue weighted by Crippen LogP contribution is 2.22. The summed E-state index contributed by atoms with van der Waals surface area (Å²) in [5.41, 5.74) is 0.854. The maximum atomic E-state index is 12.1. The molecule has 8 heteroatoms. The molecular formula is C14H13N3O5. The molecule has 8 nitrogen and oxygen atoms in total. The van der Waals surface area contributed by atoms with Crippen LogP contribution in [-0.2, 0) is 0 Å². The van der Waals surface area contributed by atoms with E-state index in [4.69, 9.17) is 9.15 Å². The van der Waals surface area contributed by atoms with Crippen LogP contribution in [0.4, 0.5) is 5.88 Å². The van der Waals surface area contributed by atoms with Crippen molar-refractivity contribution in [2.45, 2.75) is 13.0 Å². The smallest absolute Gasteiger partial charge is 0.433 e. The second-order valence-electron chi connectivity index (χ2n) is 4.96. The molecule has 1 saturated heterocycles. The molecule has 1 aliphatic heterocycles. The summed E-state index contributed by atoms with van der Waals surface area (Å²) < 4.78 is 10.5. The molecule has 114 valence electrons. The van der Waals surface area contributed by atoms with E-state index in [0.29, 0.717) is 19.0 Å². The summed E-state index contributed by atoms with van der Waals surface area (Å²) in [6, 6.07) is 7.94. The molecule has 1 aliphatic rings. The molecule has 0 bridgehead atoms. The number of nitrogens with zero attached hydrogens (tertiary/aromatic N) is 3. The van der Waals surface area contributed by atoms with Crippen molar-refractivity contribution in [1.29, 1.82) is 0 Å². The van der Waals surface area contributed by atoms with Gasteiger partial charge in [-0.05, 0) is 19.1 Å². The first-order valence-corrected chi connectivity index (χ1v) is 6.67. The van der Waals surface area contributed by atoms with Crippen molar-refractivity contribution in [2.75, 3.05) is 13.1 Å². The van der Waals surface area contributed by atoms with Gasteiger partial charge in [0.25, 0.3) is 5.91 Å². The first-order valence-electron chi connectivity index (χ1n) is 6.67. The van der Waals surface area contributed by atoms with Crippen LogP contribution in [0.1, 0.15) is 16.2 Å². The summed E-state index contributed by atoms with van der Waals surface area (Å²) in [6.45, 7) is 2.65. The number of ether oxygens (including phenoxy) is 1. The van der Waals surface area contributed by atoms with Crippen molar-refractivity contribution in [3.05, 3.63) is 51.9 Å². The third kappa shape index (κ3) is 2.76. The van der Waals surface area contributed by atoms with E-state index in [1.165, 1.54) is 11.0 Å². The zero-order valence-corrected chi connectivity index (χ0v) is 11.8.